The van der Waals surface area contributed by atoms with Gasteiger partial charge in [-0.2, -0.15) is 0 Å². The highest BCUT2D eigenvalue weighted by molar-refractivity contribution is 6.17. The maximum Gasteiger partial charge on any atom is 0.161 e. The van der Waals surface area contributed by atoms with Crippen molar-refractivity contribution in [2.75, 3.05) is 0 Å². The van der Waals surface area contributed by atoms with Crippen molar-refractivity contribution in [2.45, 2.75) is 57.8 Å². The zero-order chi connectivity index (χ0) is 92.9. The van der Waals surface area contributed by atoms with Gasteiger partial charge in [-0.05, 0) is 189 Å². The molecule has 0 N–H and O–H groups in total. The van der Waals surface area contributed by atoms with Crippen molar-refractivity contribution in [3.63, 3.8) is 0 Å². The summed E-state index contributed by atoms with van der Waals surface area (Å²) in [5, 5.41) is 13.1. The van der Waals surface area contributed by atoms with E-state index < -0.39 is 0 Å². The lowest BCUT2D eigenvalue weighted by Gasteiger charge is -2.21. The maximum absolute atomic E-state index is 5.36. The Morgan fingerprint density at radius 2 is 0.489 bits per heavy atom. The van der Waals surface area contributed by atoms with Crippen LogP contribution in [0.2, 0.25) is 0 Å². The maximum atomic E-state index is 5.36. The van der Waals surface area contributed by atoms with Gasteiger partial charge in [0.2, 0.25) is 0 Å². The minimum Gasteiger partial charge on any atom is -0.309 e. The molecular formula is C131H92N8. The van der Waals surface area contributed by atoms with Gasteiger partial charge >= 0.3 is 0 Å². The van der Waals surface area contributed by atoms with Gasteiger partial charge in [-0.1, -0.05) is 412 Å². The Morgan fingerprint density at radius 1 is 0.180 bits per heavy atom. The SMILES string of the molecule is CC1(C)c2ccccc2-c2c(-c3nc(-c4ccc(-c5ccc6c(c5)c5ccccc5n6-c5ccccc5)cc4)c4ccccc4n3)cccc21.CC1(C)c2ccccc2-c2c(-c3nc(-c4ccc(-c5cccc6c5c5ccccc5n6-c5ccccc5)cc4)c4ccccc4n3)cccc21.CC1(C)c2ccccc2-c2c(-c3nc(-c4ccc5ccc6ccccc6c5c4)c4ccccc4n3)cccc21. The van der Waals surface area contributed by atoms with Crippen LogP contribution in [-0.4, -0.2) is 39.0 Å². The van der Waals surface area contributed by atoms with Crippen LogP contribution in [0.1, 0.15) is 74.9 Å². The molecule has 5 aromatic heterocycles. The van der Waals surface area contributed by atoms with E-state index in [1.165, 1.54) is 160 Å². The molecule has 0 atom stereocenters. The molecule has 20 aromatic carbocycles. The van der Waals surface area contributed by atoms with Crippen molar-refractivity contribution < 1.29 is 0 Å². The van der Waals surface area contributed by atoms with Gasteiger partial charge in [-0.15, -0.1) is 0 Å². The fourth-order valence-electron chi connectivity index (χ4n) is 23.0. The lowest BCUT2D eigenvalue weighted by Crippen LogP contribution is -2.14. The topological polar surface area (TPSA) is 87.2 Å². The van der Waals surface area contributed by atoms with Crippen molar-refractivity contribution >= 4 is 97.9 Å². The lowest BCUT2D eigenvalue weighted by molar-refractivity contribution is 0.660. The molecule has 25 aromatic rings. The molecule has 0 fully saturated rings. The first-order valence-corrected chi connectivity index (χ1v) is 48.0. The second-order valence-electron chi connectivity index (χ2n) is 38.6. The Hall–Kier alpha value is -17.5. The van der Waals surface area contributed by atoms with E-state index >= 15 is 0 Å². The summed E-state index contributed by atoms with van der Waals surface area (Å²) in [6.07, 6.45) is 0. The van der Waals surface area contributed by atoms with Crippen LogP contribution in [0.4, 0.5) is 0 Å². The Bertz CT molecular complexity index is 9340. The van der Waals surface area contributed by atoms with Crippen LogP contribution >= 0.6 is 0 Å². The van der Waals surface area contributed by atoms with Gasteiger partial charge in [0, 0.05) is 98.7 Å². The number of aromatic nitrogens is 8. The van der Waals surface area contributed by atoms with Crippen LogP contribution in [0.3, 0.4) is 0 Å². The average molecular weight is 1780 g/mol. The molecule has 0 aliphatic heterocycles. The third-order valence-electron chi connectivity index (χ3n) is 29.7. The van der Waals surface area contributed by atoms with Crippen LogP contribution in [-0.2, 0) is 16.2 Å². The first-order valence-electron chi connectivity index (χ1n) is 48.0. The minimum atomic E-state index is -0.0896. The number of benzene rings is 20. The number of nitrogens with zero attached hydrogens (tertiary/aromatic N) is 8. The highest BCUT2D eigenvalue weighted by Crippen LogP contribution is 2.56. The van der Waals surface area contributed by atoms with E-state index in [1.807, 2.05) is 0 Å². The summed E-state index contributed by atoms with van der Waals surface area (Å²) in [7, 11) is 0. The van der Waals surface area contributed by atoms with Crippen LogP contribution in [0.15, 0.2) is 449 Å². The molecule has 8 heteroatoms. The Kier molecular flexibility index (Phi) is 19.2. The number of para-hydroxylation sites is 7. The molecule has 3 aliphatic carbocycles. The second-order valence-corrected chi connectivity index (χ2v) is 38.6. The number of hydrogen-bond donors (Lipinski definition) is 0. The summed E-state index contributed by atoms with van der Waals surface area (Å²) in [6.45, 7) is 13.9. The summed E-state index contributed by atoms with van der Waals surface area (Å²) >= 11 is 0. The molecule has 0 unspecified atom stereocenters. The van der Waals surface area contributed by atoms with Crippen LogP contribution < -0.4 is 0 Å². The molecule has 28 rings (SSSR count). The summed E-state index contributed by atoms with van der Waals surface area (Å²) in [5.74, 6) is 2.28. The largest absolute Gasteiger partial charge is 0.309 e. The van der Waals surface area contributed by atoms with Crippen LogP contribution in [0, 0.1) is 0 Å². The van der Waals surface area contributed by atoms with Gasteiger partial charge in [-0.25, -0.2) is 29.9 Å². The van der Waals surface area contributed by atoms with E-state index in [9.17, 15) is 0 Å². The summed E-state index contributed by atoms with van der Waals surface area (Å²) in [4.78, 5) is 31.5. The molecule has 0 amide bonds. The molecule has 8 nitrogen and oxygen atoms in total. The van der Waals surface area contributed by atoms with Crippen molar-refractivity contribution in [3.8, 4) is 135 Å². The number of fused-ring (bicyclic) bond motifs is 21. The third kappa shape index (κ3) is 13.3. The van der Waals surface area contributed by atoms with Crippen molar-refractivity contribution in [2.24, 2.45) is 0 Å². The molecule has 0 saturated carbocycles. The summed E-state index contributed by atoms with van der Waals surface area (Å²) < 4.78 is 4.73. The Balaban J connectivity index is 0.000000108. The van der Waals surface area contributed by atoms with E-state index in [-0.39, 0.29) is 16.2 Å². The van der Waals surface area contributed by atoms with Crippen LogP contribution in [0.5, 0.6) is 0 Å². The van der Waals surface area contributed by atoms with E-state index in [4.69, 9.17) is 29.9 Å². The van der Waals surface area contributed by atoms with Gasteiger partial charge in [0.05, 0.1) is 55.7 Å². The van der Waals surface area contributed by atoms with Gasteiger partial charge in [0.25, 0.3) is 0 Å². The normalized spacial score (nSPS) is 13.3. The van der Waals surface area contributed by atoms with E-state index in [1.54, 1.807) is 0 Å². The van der Waals surface area contributed by atoms with Crippen molar-refractivity contribution in [1.29, 1.82) is 0 Å². The predicted molar refractivity (Wildman–Crippen MR) is 578 cm³/mol. The Morgan fingerprint density at radius 3 is 0.978 bits per heavy atom. The first kappa shape index (κ1) is 82.2. The highest BCUT2D eigenvalue weighted by Gasteiger charge is 2.41. The van der Waals surface area contributed by atoms with Crippen molar-refractivity contribution in [1.82, 2.24) is 39.0 Å². The van der Waals surface area contributed by atoms with Crippen molar-refractivity contribution in [3.05, 3.63) is 482 Å². The zero-order valence-corrected chi connectivity index (χ0v) is 77.8. The molecule has 0 saturated heterocycles. The standard InChI is InChI=1S/2C47H33N3.C37H26N2/c1-47(2)38-21-9-6-16-34(38)43-37(20-12-22-39(43)47)46-48-40-23-10-7-17-35(40)45(49-46)31-28-26-30(27-29-31)33-19-13-25-42-44(33)36-18-8-11-24-41(36)50(42)32-14-4-3-5-15-32;1-47(2)39-19-9-6-16-35(39)44-37(18-12-20-40(44)47)46-48-41-21-10-7-17-36(41)45(49-46)31-25-23-30(24-26-31)32-27-28-43-38(29-32)34-15-8-11-22-42(34)50(43)33-13-4-3-5-14-33;1-37(2)31-15-7-5-12-27(31)34-29(14-9-16-32(34)37)36-38-33-17-8-6-13-28(33)35(39-36)25-21-20-24-19-18-23-10-3-4-11-26(23)30(24)22-25/h2*3-29H,1-2H3;3-22H,1-2H3. The van der Waals surface area contributed by atoms with E-state index in [0.29, 0.717) is 0 Å². The fourth-order valence-corrected chi connectivity index (χ4v) is 23.0. The van der Waals surface area contributed by atoms with Gasteiger partial charge in [0.1, 0.15) is 0 Å². The summed E-state index contributed by atoms with van der Waals surface area (Å²) in [5.41, 5.74) is 39.4. The second kappa shape index (κ2) is 32.4. The molecule has 656 valence electrons. The number of hydrogen-bond acceptors (Lipinski definition) is 6. The average Bonchev–Trinajstić information content (AvgIpc) is 1.56. The van der Waals surface area contributed by atoms with E-state index in [2.05, 4.69) is 500 Å². The van der Waals surface area contributed by atoms with Gasteiger partial charge in [0.15, 0.2) is 17.5 Å². The molecule has 5 heterocycles. The lowest BCUT2D eigenvalue weighted by atomic mass is 9.82. The zero-order valence-electron chi connectivity index (χ0n) is 77.8. The van der Waals surface area contributed by atoms with Gasteiger partial charge < -0.3 is 9.13 Å². The third-order valence-corrected chi connectivity index (χ3v) is 29.7. The molecule has 139 heavy (non-hydrogen) atoms. The number of rotatable bonds is 10. The fraction of sp³-hybridized carbons (Fsp3) is 0.0687. The molecular weight excluding hydrogens is 1690 g/mol. The quantitative estimate of drug-likeness (QED) is 0.127. The Labute approximate surface area is 806 Å². The monoisotopic (exact) mass is 1780 g/mol. The highest BCUT2D eigenvalue weighted by atomic mass is 15.0. The predicted octanol–water partition coefficient (Wildman–Crippen LogP) is 33.6. The molecule has 3 aliphatic rings. The summed E-state index contributed by atoms with van der Waals surface area (Å²) in [6, 6.07) is 161. The molecule has 0 radical (unpaired) electrons. The molecule has 0 spiro atoms. The van der Waals surface area contributed by atoms with Gasteiger partial charge in [-0.3, -0.25) is 0 Å². The molecule has 0 bridgehead atoms. The van der Waals surface area contributed by atoms with E-state index in [0.717, 1.165) is 106 Å². The minimum absolute atomic E-state index is 0.0684. The first-order chi connectivity index (χ1) is 68.2. The smallest absolute Gasteiger partial charge is 0.161 e. The van der Waals surface area contributed by atoms with Crippen LogP contribution in [0.25, 0.3) is 233 Å².